The Morgan fingerprint density at radius 3 is 2.36 bits per heavy atom. The first-order chi connectivity index (χ1) is 11.6. The van der Waals surface area contributed by atoms with Gasteiger partial charge in [-0.15, -0.1) is 0 Å². The van der Waals surface area contributed by atoms with E-state index < -0.39 is 0 Å². The molecule has 0 aliphatic rings. The molecule has 0 aliphatic heterocycles. The largest absolute Gasteiger partial charge is 1.00 e. The van der Waals surface area contributed by atoms with E-state index in [0.717, 1.165) is 11.1 Å². The van der Waals surface area contributed by atoms with Crippen molar-refractivity contribution in [2.45, 2.75) is 19.3 Å². The molecule has 25 heavy (non-hydrogen) atoms. The van der Waals surface area contributed by atoms with E-state index >= 15 is 0 Å². The molecule has 0 saturated heterocycles. The number of hydrogen-bond donors (Lipinski definition) is 0. The van der Waals surface area contributed by atoms with Gasteiger partial charge in [0, 0.05) is 33.0 Å². The second-order valence-electron chi connectivity index (χ2n) is 5.35. The van der Waals surface area contributed by atoms with E-state index in [-0.39, 0.29) is 35.7 Å². The molecule has 0 N–H and O–H groups in total. The molecule has 1 aromatic heterocycles. The van der Waals surface area contributed by atoms with Gasteiger partial charge in [0.2, 0.25) is 0 Å². The minimum Gasteiger partial charge on any atom is -0.367 e. The maximum atomic E-state index is 6.36. The van der Waals surface area contributed by atoms with Crippen LogP contribution in [0.2, 0.25) is 15.1 Å². The van der Waals surface area contributed by atoms with Crippen molar-refractivity contribution in [2.24, 2.45) is 0 Å². The summed E-state index contributed by atoms with van der Waals surface area (Å²) < 4.78 is 8.08. The molecular weight excluding hydrogens is 390 g/mol. The zero-order valence-electron chi connectivity index (χ0n) is 13.7. The van der Waals surface area contributed by atoms with Gasteiger partial charge in [-0.25, -0.2) is 4.98 Å². The zero-order chi connectivity index (χ0) is 16.9. The van der Waals surface area contributed by atoms with Crippen LogP contribution in [-0.4, -0.2) is 9.55 Å². The molecule has 1 unspecified atom stereocenters. The monoisotopic (exact) mass is 403 g/mol. The van der Waals surface area contributed by atoms with Gasteiger partial charge in [-0.05, 0) is 29.8 Å². The Labute approximate surface area is 184 Å². The van der Waals surface area contributed by atoms with Crippen LogP contribution < -0.4 is 29.6 Å². The summed E-state index contributed by atoms with van der Waals surface area (Å²) in [6, 6.07) is 13.0. The molecule has 0 bridgehead atoms. The van der Waals surface area contributed by atoms with Gasteiger partial charge >= 0.3 is 29.6 Å². The molecule has 0 saturated carbocycles. The normalized spacial score (nSPS) is 11.8. The molecule has 2 aromatic carbocycles. The van der Waals surface area contributed by atoms with Crippen LogP contribution in [0.4, 0.5) is 0 Å². The Balaban J connectivity index is 0.00000225. The van der Waals surface area contributed by atoms with E-state index in [1.165, 1.54) is 0 Å². The Bertz CT molecular complexity index is 795. The summed E-state index contributed by atoms with van der Waals surface area (Å²) in [7, 11) is 0. The van der Waals surface area contributed by atoms with Crippen molar-refractivity contribution < 1.29 is 34.3 Å². The molecule has 0 spiro atoms. The maximum Gasteiger partial charge on any atom is 1.00 e. The fraction of sp³-hybridized carbons (Fsp3) is 0.167. The van der Waals surface area contributed by atoms with E-state index in [0.29, 0.717) is 28.2 Å². The first kappa shape index (κ1) is 20.8. The summed E-state index contributed by atoms with van der Waals surface area (Å²) >= 11 is 18.3. The zero-order valence-corrected chi connectivity index (χ0v) is 18.0. The van der Waals surface area contributed by atoms with Crippen molar-refractivity contribution in [1.29, 1.82) is 0 Å². The molecular formula is C18H15Cl3N2NaO+. The van der Waals surface area contributed by atoms with Gasteiger partial charge < -0.3 is 9.30 Å². The number of ether oxygens (including phenoxy) is 1. The summed E-state index contributed by atoms with van der Waals surface area (Å²) in [5.41, 5.74) is 1.93. The van der Waals surface area contributed by atoms with Crippen LogP contribution >= 0.6 is 34.8 Å². The van der Waals surface area contributed by atoms with Crippen LogP contribution in [0.5, 0.6) is 0 Å². The van der Waals surface area contributed by atoms with E-state index in [2.05, 4.69) is 4.98 Å². The number of hydrogen-bond acceptors (Lipinski definition) is 2. The molecule has 0 aliphatic carbocycles. The molecule has 1 heterocycles. The standard InChI is InChI=1S/C18H15Cl3N2O.Na/c19-14-3-1-13(2-4-14)11-24-18(10-23-8-7-22-12-23)16-6-5-15(20)9-17(16)21;/h1-9,12,18H,10-11H2;/q;+1. The van der Waals surface area contributed by atoms with Crippen LogP contribution in [0.1, 0.15) is 17.2 Å². The number of halogens is 3. The van der Waals surface area contributed by atoms with Gasteiger partial charge in [0.15, 0.2) is 0 Å². The molecule has 1 atom stereocenters. The summed E-state index contributed by atoms with van der Waals surface area (Å²) in [6.07, 6.45) is 5.16. The Kier molecular flexibility index (Phi) is 8.30. The minimum atomic E-state index is -0.223. The van der Waals surface area contributed by atoms with Crippen molar-refractivity contribution in [3.8, 4) is 0 Å². The van der Waals surface area contributed by atoms with Crippen LogP contribution in [0.15, 0.2) is 61.2 Å². The summed E-state index contributed by atoms with van der Waals surface area (Å²) in [6.45, 7) is 1.06. The molecule has 7 heteroatoms. The van der Waals surface area contributed by atoms with Crippen molar-refractivity contribution in [3.05, 3.63) is 87.4 Å². The molecule has 124 valence electrons. The van der Waals surface area contributed by atoms with Crippen molar-refractivity contribution in [2.75, 3.05) is 0 Å². The van der Waals surface area contributed by atoms with Crippen molar-refractivity contribution in [3.63, 3.8) is 0 Å². The third-order valence-corrected chi connectivity index (χ3v) is 4.42. The Hall–Kier alpha value is -0.520. The average molecular weight is 405 g/mol. The van der Waals surface area contributed by atoms with Crippen molar-refractivity contribution in [1.82, 2.24) is 9.55 Å². The van der Waals surface area contributed by atoms with Crippen LogP contribution in [-0.2, 0) is 17.9 Å². The van der Waals surface area contributed by atoms with E-state index in [1.54, 1.807) is 18.6 Å². The average Bonchev–Trinajstić information content (AvgIpc) is 3.06. The fourth-order valence-electron chi connectivity index (χ4n) is 2.37. The minimum absolute atomic E-state index is 0. The number of imidazole rings is 1. The van der Waals surface area contributed by atoms with Crippen LogP contribution in [0.3, 0.4) is 0 Å². The molecule has 3 nitrogen and oxygen atoms in total. The number of nitrogens with zero attached hydrogens (tertiary/aromatic N) is 2. The SMILES string of the molecule is Clc1ccc(COC(Cn2ccnc2)c2ccc(Cl)cc2Cl)cc1.[Na+]. The summed E-state index contributed by atoms with van der Waals surface area (Å²) in [5, 5.41) is 1.89. The van der Waals surface area contributed by atoms with Crippen LogP contribution in [0, 0.1) is 0 Å². The fourth-order valence-corrected chi connectivity index (χ4v) is 3.02. The quantitative estimate of drug-likeness (QED) is 0.591. The molecule has 3 rings (SSSR count). The first-order valence-corrected chi connectivity index (χ1v) is 8.52. The predicted octanol–water partition coefficient (Wildman–Crippen LogP) is 2.81. The number of benzene rings is 2. The molecule has 0 fully saturated rings. The number of rotatable bonds is 6. The Morgan fingerprint density at radius 2 is 1.72 bits per heavy atom. The van der Waals surface area contributed by atoms with Gasteiger partial charge in [-0.2, -0.15) is 0 Å². The smallest absolute Gasteiger partial charge is 0.367 e. The third-order valence-electron chi connectivity index (χ3n) is 3.61. The molecule has 0 radical (unpaired) electrons. The molecule has 3 aromatic rings. The summed E-state index contributed by atoms with van der Waals surface area (Å²) in [5.74, 6) is 0. The van der Waals surface area contributed by atoms with E-state index in [9.17, 15) is 0 Å². The van der Waals surface area contributed by atoms with Gasteiger partial charge in [0.1, 0.15) is 6.10 Å². The van der Waals surface area contributed by atoms with Gasteiger partial charge in [0.25, 0.3) is 0 Å². The van der Waals surface area contributed by atoms with Gasteiger partial charge in [0.05, 0.1) is 19.5 Å². The second-order valence-corrected chi connectivity index (χ2v) is 6.63. The van der Waals surface area contributed by atoms with E-state index in [1.807, 2.05) is 47.2 Å². The predicted molar refractivity (Wildman–Crippen MR) is 97.7 cm³/mol. The maximum absolute atomic E-state index is 6.36. The van der Waals surface area contributed by atoms with Crippen LogP contribution in [0.25, 0.3) is 0 Å². The summed E-state index contributed by atoms with van der Waals surface area (Å²) in [4.78, 5) is 4.07. The third kappa shape index (κ3) is 6.00. The first-order valence-electron chi connectivity index (χ1n) is 7.38. The second kappa shape index (κ2) is 9.98. The van der Waals surface area contributed by atoms with Crippen molar-refractivity contribution >= 4 is 34.8 Å². The Morgan fingerprint density at radius 1 is 1.00 bits per heavy atom. The van der Waals surface area contributed by atoms with Gasteiger partial charge in [-0.1, -0.05) is 53.0 Å². The van der Waals surface area contributed by atoms with E-state index in [4.69, 9.17) is 39.5 Å². The number of aromatic nitrogens is 2. The topological polar surface area (TPSA) is 27.1 Å². The van der Waals surface area contributed by atoms with Gasteiger partial charge in [-0.3, -0.25) is 0 Å². The molecule has 0 amide bonds.